The van der Waals surface area contributed by atoms with Gasteiger partial charge in [0.25, 0.3) is 0 Å². The Morgan fingerprint density at radius 3 is 1.07 bits per heavy atom. The molecule has 2 nitrogen and oxygen atoms in total. The lowest BCUT2D eigenvalue weighted by Crippen LogP contribution is -2.26. The average molecular weight is 937 g/mol. The second kappa shape index (κ2) is 14.6. The fourth-order valence-corrected chi connectivity index (χ4v) is 14.6. The highest BCUT2D eigenvalue weighted by Gasteiger charge is 2.53. The van der Waals surface area contributed by atoms with E-state index in [2.05, 4.69) is 276 Å². The molecule has 4 aliphatic rings. The van der Waals surface area contributed by atoms with Crippen molar-refractivity contribution in [3.05, 3.63) is 311 Å². The molecule has 12 aromatic carbocycles. The largest absolute Gasteiger partial charge is 0.310 e. The van der Waals surface area contributed by atoms with Gasteiger partial charge in [-0.25, -0.2) is 0 Å². The standard InChI is InChI=1S/C72H44N2/c1-2-18-46-41-47(34-33-45(46)17-1)73(48-35-38-56-55-23-7-12-28-63(55)71(66(56)42-48)61-26-10-3-19-51(61)52-20-4-11-27-62(52)71)49-36-39-57-58-40-37-50(74-69-31-15-8-24-59(69)60-25-9-16-32-70(60)74)44-68(58)72(67(57)43-49)64-29-13-5-21-53(64)54-22-6-14-30-65(54)72/h1-44H. The van der Waals surface area contributed by atoms with Crippen LogP contribution in [-0.4, -0.2) is 4.57 Å². The van der Waals surface area contributed by atoms with E-state index >= 15 is 0 Å². The van der Waals surface area contributed by atoms with Gasteiger partial charge in [-0.1, -0.05) is 206 Å². The summed E-state index contributed by atoms with van der Waals surface area (Å²) in [5, 5.41) is 4.96. The molecule has 0 bridgehead atoms. The van der Waals surface area contributed by atoms with Crippen LogP contribution in [0, 0.1) is 0 Å². The predicted octanol–water partition coefficient (Wildman–Crippen LogP) is 18.1. The van der Waals surface area contributed by atoms with Crippen LogP contribution in [0.4, 0.5) is 17.1 Å². The summed E-state index contributed by atoms with van der Waals surface area (Å²) in [6.45, 7) is 0. The van der Waals surface area contributed by atoms with E-state index in [1.54, 1.807) is 0 Å². The smallest absolute Gasteiger partial charge is 0.0727 e. The third kappa shape index (κ3) is 4.95. The topological polar surface area (TPSA) is 8.17 Å². The highest BCUT2D eigenvalue weighted by atomic mass is 15.1. The van der Waals surface area contributed by atoms with Crippen molar-refractivity contribution in [2.75, 3.05) is 4.90 Å². The van der Waals surface area contributed by atoms with Gasteiger partial charge in [-0.2, -0.15) is 0 Å². The first-order valence-electron chi connectivity index (χ1n) is 25.9. The first-order valence-corrected chi connectivity index (χ1v) is 25.9. The summed E-state index contributed by atoms with van der Waals surface area (Å²) in [4.78, 5) is 2.53. The fourth-order valence-electron chi connectivity index (χ4n) is 14.6. The van der Waals surface area contributed by atoms with Crippen molar-refractivity contribution in [1.82, 2.24) is 4.57 Å². The minimum atomic E-state index is -0.585. The molecule has 342 valence electrons. The zero-order valence-corrected chi connectivity index (χ0v) is 40.3. The van der Waals surface area contributed by atoms with Crippen molar-refractivity contribution in [2.45, 2.75) is 10.8 Å². The van der Waals surface area contributed by atoms with Crippen LogP contribution < -0.4 is 4.90 Å². The monoisotopic (exact) mass is 936 g/mol. The second-order valence-corrected chi connectivity index (χ2v) is 20.7. The first kappa shape index (κ1) is 40.1. The Balaban J connectivity index is 0.935. The van der Waals surface area contributed by atoms with Crippen LogP contribution in [-0.2, 0) is 10.8 Å². The summed E-state index contributed by atoms with van der Waals surface area (Å²) in [6.07, 6.45) is 0. The van der Waals surface area contributed by atoms with E-state index in [-0.39, 0.29) is 0 Å². The highest BCUT2D eigenvalue weighted by Crippen LogP contribution is 2.66. The Hall–Kier alpha value is -9.50. The molecule has 0 atom stereocenters. The quantitative estimate of drug-likeness (QED) is 0.171. The van der Waals surface area contributed by atoms with E-state index in [1.807, 2.05) is 0 Å². The summed E-state index contributed by atoms with van der Waals surface area (Å²) in [5.41, 5.74) is 26.8. The average Bonchev–Trinajstić information content (AvgIpc) is 4.25. The molecular weight excluding hydrogens is 893 g/mol. The van der Waals surface area contributed by atoms with Gasteiger partial charge in [0, 0.05) is 33.5 Å². The first-order chi connectivity index (χ1) is 36.7. The van der Waals surface area contributed by atoms with E-state index in [1.165, 1.54) is 122 Å². The Morgan fingerprint density at radius 1 is 0.243 bits per heavy atom. The summed E-state index contributed by atoms with van der Waals surface area (Å²) in [5.74, 6) is 0. The van der Waals surface area contributed by atoms with Gasteiger partial charge in [-0.15, -0.1) is 0 Å². The minimum absolute atomic E-state index is 0.473. The number of nitrogens with zero attached hydrogens (tertiary/aromatic N) is 2. The van der Waals surface area contributed by atoms with Crippen molar-refractivity contribution in [3.8, 4) is 50.2 Å². The molecule has 0 N–H and O–H groups in total. The van der Waals surface area contributed by atoms with Crippen LogP contribution >= 0.6 is 0 Å². The van der Waals surface area contributed by atoms with Gasteiger partial charge in [-0.05, 0) is 160 Å². The predicted molar refractivity (Wildman–Crippen MR) is 306 cm³/mol. The fraction of sp³-hybridized carbons (Fsp3) is 0.0278. The van der Waals surface area contributed by atoms with E-state index in [0.29, 0.717) is 0 Å². The van der Waals surface area contributed by atoms with Crippen molar-refractivity contribution < 1.29 is 0 Å². The molecule has 0 saturated heterocycles. The maximum absolute atomic E-state index is 2.54. The molecular formula is C72H44N2. The van der Waals surface area contributed by atoms with Gasteiger partial charge in [0.2, 0.25) is 0 Å². The SMILES string of the molecule is c1ccc2c(c1)-c1ccccc1C21c2ccccc2-c2ccc(N(c3ccc4c(c3)C3(c5ccccc5-c5ccccc53)c3cc(-n5c6ccccc6c6ccccc65)ccc3-4)c3ccc4ccccc4c3)cc21. The number of aromatic nitrogens is 1. The summed E-state index contributed by atoms with van der Waals surface area (Å²) < 4.78 is 2.47. The van der Waals surface area contributed by atoms with Crippen LogP contribution in [0.1, 0.15) is 44.5 Å². The second-order valence-electron chi connectivity index (χ2n) is 20.7. The van der Waals surface area contributed by atoms with Crippen LogP contribution in [0.3, 0.4) is 0 Å². The number of hydrogen-bond donors (Lipinski definition) is 0. The van der Waals surface area contributed by atoms with Gasteiger partial charge in [0.15, 0.2) is 0 Å². The third-order valence-corrected chi connectivity index (χ3v) is 17.4. The lowest BCUT2D eigenvalue weighted by atomic mass is 9.70. The molecule has 0 fully saturated rings. The lowest BCUT2D eigenvalue weighted by molar-refractivity contribution is 0.792. The Morgan fingerprint density at radius 2 is 0.581 bits per heavy atom. The highest BCUT2D eigenvalue weighted by molar-refractivity contribution is 6.09. The van der Waals surface area contributed by atoms with Crippen LogP contribution in [0.25, 0.3) is 82.8 Å². The zero-order chi connectivity index (χ0) is 48.3. The summed E-state index contributed by atoms with van der Waals surface area (Å²) in [6, 6.07) is 101. The summed E-state index contributed by atoms with van der Waals surface area (Å²) >= 11 is 0. The molecule has 2 heteroatoms. The van der Waals surface area contributed by atoms with Crippen LogP contribution in [0.2, 0.25) is 0 Å². The van der Waals surface area contributed by atoms with E-state index in [0.717, 1.165) is 22.7 Å². The van der Waals surface area contributed by atoms with Crippen molar-refractivity contribution >= 4 is 49.6 Å². The van der Waals surface area contributed by atoms with Gasteiger partial charge in [0.1, 0.15) is 0 Å². The molecule has 0 unspecified atom stereocenters. The molecule has 1 heterocycles. The molecule has 0 aliphatic heterocycles. The molecule has 74 heavy (non-hydrogen) atoms. The Kier molecular flexibility index (Phi) is 7.90. The van der Waals surface area contributed by atoms with Gasteiger partial charge < -0.3 is 9.47 Å². The number of hydrogen-bond acceptors (Lipinski definition) is 1. The van der Waals surface area contributed by atoms with Crippen LogP contribution in [0.15, 0.2) is 267 Å². The molecule has 0 saturated carbocycles. The van der Waals surface area contributed by atoms with Crippen LogP contribution in [0.5, 0.6) is 0 Å². The van der Waals surface area contributed by atoms with E-state index < -0.39 is 10.8 Å². The third-order valence-electron chi connectivity index (χ3n) is 17.4. The molecule has 0 radical (unpaired) electrons. The molecule has 0 amide bonds. The lowest BCUT2D eigenvalue weighted by Gasteiger charge is -2.33. The molecule has 13 aromatic rings. The zero-order valence-electron chi connectivity index (χ0n) is 40.3. The van der Waals surface area contributed by atoms with E-state index in [4.69, 9.17) is 0 Å². The van der Waals surface area contributed by atoms with Gasteiger partial charge in [0.05, 0.1) is 21.9 Å². The van der Waals surface area contributed by atoms with E-state index in [9.17, 15) is 0 Å². The molecule has 17 rings (SSSR count). The van der Waals surface area contributed by atoms with Crippen molar-refractivity contribution in [2.24, 2.45) is 0 Å². The number of benzene rings is 12. The summed E-state index contributed by atoms with van der Waals surface area (Å²) in [7, 11) is 0. The Labute approximate surface area is 429 Å². The minimum Gasteiger partial charge on any atom is -0.310 e. The maximum Gasteiger partial charge on any atom is 0.0727 e. The number of rotatable bonds is 4. The van der Waals surface area contributed by atoms with Gasteiger partial charge >= 0.3 is 0 Å². The maximum atomic E-state index is 2.54. The van der Waals surface area contributed by atoms with Gasteiger partial charge in [-0.3, -0.25) is 0 Å². The number of anilines is 3. The molecule has 2 spiro atoms. The molecule has 1 aromatic heterocycles. The van der Waals surface area contributed by atoms with Crippen molar-refractivity contribution in [3.63, 3.8) is 0 Å². The number of fused-ring (bicyclic) bond motifs is 24. The molecule has 4 aliphatic carbocycles. The van der Waals surface area contributed by atoms with Crippen molar-refractivity contribution in [1.29, 1.82) is 0 Å². The normalized spacial score (nSPS) is 14.2. The Bertz CT molecular complexity index is 4420. The number of para-hydroxylation sites is 2.